The lowest BCUT2D eigenvalue weighted by molar-refractivity contribution is -0.116. The number of benzene rings is 3. The molecule has 0 heterocycles. The van der Waals surface area contributed by atoms with Gasteiger partial charge in [-0.1, -0.05) is 48.5 Å². The van der Waals surface area contributed by atoms with Crippen LogP contribution >= 0.6 is 0 Å². The van der Waals surface area contributed by atoms with Gasteiger partial charge in [0.25, 0.3) is 5.91 Å². The van der Waals surface area contributed by atoms with E-state index in [0.29, 0.717) is 16.9 Å². The first kappa shape index (κ1) is 24.5. The maximum absolute atomic E-state index is 12.6. The number of rotatable bonds is 7. The lowest BCUT2D eigenvalue weighted by atomic mass is 10.0. The number of nitrogens with one attached hydrogen (secondary N) is 3. The van der Waals surface area contributed by atoms with Crippen LogP contribution in [0.1, 0.15) is 37.6 Å². The van der Waals surface area contributed by atoms with Crippen LogP contribution in [0.2, 0.25) is 0 Å². The molecule has 0 atom stereocenters. The van der Waals surface area contributed by atoms with Gasteiger partial charge in [-0.2, -0.15) is 0 Å². The Morgan fingerprint density at radius 3 is 2.03 bits per heavy atom. The van der Waals surface area contributed by atoms with Crippen LogP contribution in [0.3, 0.4) is 0 Å². The topological polar surface area (TPSA) is 96.5 Å². The molecule has 0 bridgehead atoms. The fourth-order valence-electron chi connectivity index (χ4n) is 3.14. The summed E-state index contributed by atoms with van der Waals surface area (Å²) in [5.74, 6) is -0.513. The highest BCUT2D eigenvalue weighted by Gasteiger charge is 2.16. The highest BCUT2D eigenvalue weighted by Crippen LogP contribution is 2.20. The predicted octanol–water partition coefficient (Wildman–Crippen LogP) is 5.46. The molecule has 0 radical (unpaired) electrons. The average molecular weight is 460 g/mol. The minimum absolute atomic E-state index is 0.0869. The minimum atomic E-state index is -0.596. The third kappa shape index (κ3) is 7.78. The maximum Gasteiger partial charge on any atom is 0.407 e. The van der Waals surface area contributed by atoms with Gasteiger partial charge in [0.05, 0.1) is 0 Å². The average Bonchev–Trinajstić information content (AvgIpc) is 2.79. The summed E-state index contributed by atoms with van der Waals surface area (Å²) in [5, 5.41) is 8.15. The van der Waals surface area contributed by atoms with Gasteiger partial charge in [-0.3, -0.25) is 9.59 Å². The van der Waals surface area contributed by atoms with Crippen LogP contribution in [0.5, 0.6) is 0 Å². The molecule has 3 aromatic carbocycles. The van der Waals surface area contributed by atoms with Crippen LogP contribution in [0.25, 0.3) is 11.1 Å². The van der Waals surface area contributed by atoms with Gasteiger partial charge in [0.15, 0.2) is 0 Å². The Morgan fingerprint density at radius 2 is 1.38 bits per heavy atom. The van der Waals surface area contributed by atoms with Crippen LogP contribution in [0, 0.1) is 0 Å². The zero-order chi connectivity index (χ0) is 24.6. The smallest absolute Gasteiger partial charge is 0.407 e. The molecule has 7 nitrogen and oxygen atoms in total. The van der Waals surface area contributed by atoms with E-state index in [4.69, 9.17) is 4.74 Å². The second-order valence-electron chi connectivity index (χ2n) is 8.71. The van der Waals surface area contributed by atoms with Crippen molar-refractivity contribution < 1.29 is 19.1 Å². The number of anilines is 2. The van der Waals surface area contributed by atoms with Gasteiger partial charge in [0.2, 0.25) is 5.91 Å². The van der Waals surface area contributed by atoms with E-state index in [1.807, 2.05) is 42.5 Å². The summed E-state index contributed by atoms with van der Waals surface area (Å²) in [4.78, 5) is 36.5. The van der Waals surface area contributed by atoms with Crippen molar-refractivity contribution in [2.24, 2.45) is 0 Å². The summed E-state index contributed by atoms with van der Waals surface area (Å²) in [7, 11) is 0. The Balaban J connectivity index is 1.51. The number of alkyl carbamates (subject to hydrolysis) is 1. The first-order chi connectivity index (χ1) is 16.2. The van der Waals surface area contributed by atoms with E-state index in [9.17, 15) is 14.4 Å². The van der Waals surface area contributed by atoms with Crippen molar-refractivity contribution >= 4 is 29.3 Å². The first-order valence-corrected chi connectivity index (χ1v) is 11.0. The number of carbonyl (C=O) groups excluding carboxylic acids is 3. The number of amides is 3. The van der Waals surface area contributed by atoms with Gasteiger partial charge < -0.3 is 20.7 Å². The molecule has 0 fully saturated rings. The molecule has 0 aliphatic heterocycles. The molecule has 7 heteroatoms. The summed E-state index contributed by atoms with van der Waals surface area (Å²) in [6.45, 7) is 5.45. The fourth-order valence-corrected chi connectivity index (χ4v) is 3.14. The normalized spacial score (nSPS) is 10.8. The van der Waals surface area contributed by atoms with Crippen molar-refractivity contribution in [3.8, 4) is 11.1 Å². The summed E-state index contributed by atoms with van der Waals surface area (Å²) in [5.41, 5.74) is 3.15. The van der Waals surface area contributed by atoms with Gasteiger partial charge >= 0.3 is 6.09 Å². The molecule has 0 aromatic heterocycles. The monoisotopic (exact) mass is 459 g/mol. The molecule has 0 saturated carbocycles. The SMILES string of the molecule is CC(C)(C)OC(=O)NCCC(=O)Nc1cccc(NC(=O)c2ccc(-c3ccccc3)cc2)c1. The Morgan fingerprint density at radius 1 is 0.765 bits per heavy atom. The molecule has 0 spiro atoms. The molecule has 3 rings (SSSR count). The van der Waals surface area contributed by atoms with Crippen LogP contribution in [0.4, 0.5) is 16.2 Å². The van der Waals surface area contributed by atoms with E-state index in [2.05, 4.69) is 16.0 Å². The maximum atomic E-state index is 12.6. The number of carbonyl (C=O) groups is 3. The minimum Gasteiger partial charge on any atom is -0.444 e. The Labute approximate surface area is 199 Å². The van der Waals surface area contributed by atoms with Crippen molar-refractivity contribution in [2.75, 3.05) is 17.2 Å². The quantitative estimate of drug-likeness (QED) is 0.437. The third-order valence-electron chi connectivity index (χ3n) is 4.68. The molecule has 176 valence electrons. The van der Waals surface area contributed by atoms with Gasteiger partial charge in [0, 0.05) is 29.9 Å². The van der Waals surface area contributed by atoms with Crippen molar-refractivity contribution in [3.05, 3.63) is 84.4 Å². The van der Waals surface area contributed by atoms with Crippen LogP contribution < -0.4 is 16.0 Å². The molecule has 3 amide bonds. The van der Waals surface area contributed by atoms with Crippen molar-refractivity contribution in [3.63, 3.8) is 0 Å². The predicted molar refractivity (Wildman–Crippen MR) is 134 cm³/mol. The van der Waals surface area contributed by atoms with E-state index in [1.54, 1.807) is 57.2 Å². The highest BCUT2D eigenvalue weighted by molar-refractivity contribution is 6.05. The Kier molecular flexibility index (Phi) is 8.03. The van der Waals surface area contributed by atoms with E-state index in [0.717, 1.165) is 11.1 Å². The zero-order valence-corrected chi connectivity index (χ0v) is 19.6. The van der Waals surface area contributed by atoms with Gasteiger partial charge in [-0.15, -0.1) is 0 Å². The standard InChI is InChI=1S/C27H29N3O4/c1-27(2,3)34-26(33)28-17-16-24(31)29-22-10-7-11-23(18-22)30-25(32)21-14-12-20(13-15-21)19-8-5-4-6-9-19/h4-15,18H,16-17H2,1-3H3,(H,28,33)(H,29,31)(H,30,32). The molecular formula is C27H29N3O4. The van der Waals surface area contributed by atoms with Gasteiger partial charge in [-0.25, -0.2) is 4.79 Å². The largest absolute Gasteiger partial charge is 0.444 e. The molecule has 3 aromatic rings. The summed E-state index contributed by atoms with van der Waals surface area (Å²) in [6, 6.07) is 24.2. The van der Waals surface area contributed by atoms with Gasteiger partial charge in [-0.05, 0) is 62.2 Å². The molecule has 0 saturated heterocycles. The fraction of sp³-hybridized carbons (Fsp3) is 0.222. The van der Waals surface area contributed by atoms with Gasteiger partial charge in [0.1, 0.15) is 5.60 Å². The molecule has 0 aliphatic carbocycles. The molecule has 34 heavy (non-hydrogen) atoms. The molecule has 0 aliphatic rings. The lowest BCUT2D eigenvalue weighted by Crippen LogP contribution is -2.34. The van der Waals surface area contributed by atoms with Crippen molar-refractivity contribution in [2.45, 2.75) is 32.8 Å². The summed E-state index contributed by atoms with van der Waals surface area (Å²) < 4.78 is 5.13. The zero-order valence-electron chi connectivity index (χ0n) is 19.6. The Hall–Kier alpha value is -4.13. The second kappa shape index (κ2) is 11.1. The van der Waals surface area contributed by atoms with E-state index in [-0.39, 0.29) is 24.8 Å². The van der Waals surface area contributed by atoms with E-state index in [1.165, 1.54) is 0 Å². The van der Waals surface area contributed by atoms with E-state index >= 15 is 0 Å². The number of hydrogen-bond acceptors (Lipinski definition) is 4. The number of hydrogen-bond donors (Lipinski definition) is 3. The van der Waals surface area contributed by atoms with Crippen molar-refractivity contribution in [1.82, 2.24) is 5.32 Å². The van der Waals surface area contributed by atoms with Crippen LogP contribution in [0.15, 0.2) is 78.9 Å². The van der Waals surface area contributed by atoms with E-state index < -0.39 is 11.7 Å². The van der Waals surface area contributed by atoms with Crippen LogP contribution in [-0.4, -0.2) is 30.1 Å². The summed E-state index contributed by atoms with van der Waals surface area (Å²) in [6.07, 6.45) is -0.481. The first-order valence-electron chi connectivity index (χ1n) is 11.0. The summed E-state index contributed by atoms with van der Waals surface area (Å²) >= 11 is 0. The second-order valence-corrected chi connectivity index (χ2v) is 8.71. The lowest BCUT2D eigenvalue weighted by Gasteiger charge is -2.19. The highest BCUT2D eigenvalue weighted by atomic mass is 16.6. The van der Waals surface area contributed by atoms with Crippen LogP contribution in [-0.2, 0) is 9.53 Å². The number of ether oxygens (including phenoxy) is 1. The molecular weight excluding hydrogens is 430 g/mol. The Bertz CT molecular complexity index is 1140. The van der Waals surface area contributed by atoms with Crippen molar-refractivity contribution in [1.29, 1.82) is 0 Å². The third-order valence-corrected chi connectivity index (χ3v) is 4.68. The molecule has 3 N–H and O–H groups in total. The molecule has 0 unspecified atom stereocenters.